The Labute approximate surface area is 95.1 Å². The maximum absolute atomic E-state index is 10.5. The van der Waals surface area contributed by atoms with Gasteiger partial charge in [0.25, 0.3) is 0 Å². The summed E-state index contributed by atoms with van der Waals surface area (Å²) in [7, 11) is 0. The van der Waals surface area contributed by atoms with Crippen molar-refractivity contribution in [2.75, 3.05) is 0 Å². The van der Waals surface area contributed by atoms with Crippen LogP contribution < -0.4 is 5.32 Å². The van der Waals surface area contributed by atoms with Crippen molar-refractivity contribution >= 4 is 22.0 Å². The molecule has 0 spiro atoms. The van der Waals surface area contributed by atoms with Crippen LogP contribution in [0.25, 0.3) is 0 Å². The van der Waals surface area contributed by atoms with Crippen LogP contribution in [-0.4, -0.2) is 22.3 Å². The van der Waals surface area contributed by atoms with Gasteiger partial charge in [-0.3, -0.25) is 0 Å². The molecular weight excluding hydrogens is 262 g/mol. The standard InChI is InChI=1S/C10H10BrNO3/c11-8-3-5-1-7(12-10(14)15)2-6(5)4-9(8)13/h3-4,7,12-13H,1-2H2,(H,14,15). The molecule has 0 aromatic heterocycles. The maximum atomic E-state index is 10.5. The Hall–Kier alpha value is -1.23. The summed E-state index contributed by atoms with van der Waals surface area (Å²) in [4.78, 5) is 10.5. The Morgan fingerprint density at radius 3 is 2.60 bits per heavy atom. The van der Waals surface area contributed by atoms with Gasteiger partial charge in [0, 0.05) is 6.04 Å². The molecule has 1 aromatic rings. The van der Waals surface area contributed by atoms with E-state index in [1.807, 2.05) is 6.07 Å². The van der Waals surface area contributed by atoms with Gasteiger partial charge in [0.05, 0.1) is 4.47 Å². The predicted molar refractivity (Wildman–Crippen MR) is 58.2 cm³/mol. The fourth-order valence-electron chi connectivity index (χ4n) is 1.91. The van der Waals surface area contributed by atoms with E-state index in [9.17, 15) is 9.90 Å². The van der Waals surface area contributed by atoms with Crippen LogP contribution in [0.2, 0.25) is 0 Å². The van der Waals surface area contributed by atoms with Crippen LogP contribution in [0.5, 0.6) is 5.75 Å². The third kappa shape index (κ3) is 2.07. The van der Waals surface area contributed by atoms with Gasteiger partial charge in [-0.2, -0.15) is 0 Å². The van der Waals surface area contributed by atoms with Gasteiger partial charge in [-0.1, -0.05) is 0 Å². The second-order valence-electron chi connectivity index (χ2n) is 3.63. The first-order valence-electron chi connectivity index (χ1n) is 4.56. The number of halogens is 1. The Morgan fingerprint density at radius 2 is 2.00 bits per heavy atom. The van der Waals surface area contributed by atoms with Gasteiger partial charge < -0.3 is 15.5 Å². The third-order valence-corrected chi connectivity index (χ3v) is 3.16. The highest BCUT2D eigenvalue weighted by Crippen LogP contribution is 2.32. The number of carboxylic acid groups (broad SMARTS) is 1. The van der Waals surface area contributed by atoms with Crippen molar-refractivity contribution in [3.63, 3.8) is 0 Å². The zero-order chi connectivity index (χ0) is 11.0. The molecular formula is C10H10BrNO3. The summed E-state index contributed by atoms with van der Waals surface area (Å²) in [5, 5.41) is 20.5. The molecule has 80 valence electrons. The van der Waals surface area contributed by atoms with Crippen molar-refractivity contribution in [2.24, 2.45) is 0 Å². The van der Waals surface area contributed by atoms with Gasteiger partial charge in [-0.25, -0.2) is 4.79 Å². The van der Waals surface area contributed by atoms with Gasteiger partial charge in [0.15, 0.2) is 0 Å². The summed E-state index contributed by atoms with van der Waals surface area (Å²) < 4.78 is 0.650. The number of nitrogens with one attached hydrogen (secondary N) is 1. The summed E-state index contributed by atoms with van der Waals surface area (Å²) in [6.45, 7) is 0. The van der Waals surface area contributed by atoms with Crippen molar-refractivity contribution in [2.45, 2.75) is 18.9 Å². The van der Waals surface area contributed by atoms with Crippen molar-refractivity contribution in [1.82, 2.24) is 5.32 Å². The SMILES string of the molecule is O=C(O)NC1Cc2cc(O)c(Br)cc2C1. The molecule has 1 unspecified atom stereocenters. The molecule has 0 saturated heterocycles. The van der Waals surface area contributed by atoms with Crippen molar-refractivity contribution in [3.05, 3.63) is 27.7 Å². The van der Waals surface area contributed by atoms with Gasteiger partial charge in [-0.15, -0.1) is 0 Å². The number of fused-ring (bicyclic) bond motifs is 1. The number of rotatable bonds is 1. The summed E-state index contributed by atoms with van der Waals surface area (Å²) in [6.07, 6.45) is 0.319. The highest BCUT2D eigenvalue weighted by atomic mass is 79.9. The lowest BCUT2D eigenvalue weighted by molar-refractivity contribution is 0.190. The van der Waals surface area contributed by atoms with E-state index in [4.69, 9.17) is 5.11 Å². The van der Waals surface area contributed by atoms with Crippen LogP contribution in [0.15, 0.2) is 16.6 Å². The van der Waals surface area contributed by atoms with Crippen LogP contribution in [0.1, 0.15) is 11.1 Å². The minimum Gasteiger partial charge on any atom is -0.507 e. The molecule has 1 aromatic carbocycles. The molecule has 0 radical (unpaired) electrons. The lowest BCUT2D eigenvalue weighted by Crippen LogP contribution is -2.33. The van der Waals surface area contributed by atoms with E-state index in [2.05, 4.69) is 21.2 Å². The molecule has 4 nitrogen and oxygen atoms in total. The average Bonchev–Trinajstić information content (AvgIpc) is 2.46. The first-order chi connectivity index (χ1) is 7.06. The van der Waals surface area contributed by atoms with E-state index in [0.717, 1.165) is 11.1 Å². The summed E-state index contributed by atoms with van der Waals surface area (Å²) in [6, 6.07) is 3.45. The Morgan fingerprint density at radius 1 is 1.40 bits per heavy atom. The molecule has 0 fully saturated rings. The number of phenols is 1. The second-order valence-corrected chi connectivity index (χ2v) is 4.48. The van der Waals surface area contributed by atoms with E-state index in [-0.39, 0.29) is 11.8 Å². The first-order valence-corrected chi connectivity index (χ1v) is 5.35. The molecule has 15 heavy (non-hydrogen) atoms. The Balaban J connectivity index is 2.20. The molecule has 1 aliphatic carbocycles. The highest BCUT2D eigenvalue weighted by Gasteiger charge is 2.23. The Bertz CT molecular complexity index is 388. The number of phenolic OH excluding ortho intramolecular Hbond substituents is 1. The van der Waals surface area contributed by atoms with Crippen molar-refractivity contribution in [1.29, 1.82) is 0 Å². The van der Waals surface area contributed by atoms with Gasteiger partial charge in [0.1, 0.15) is 5.75 Å². The summed E-state index contributed by atoms with van der Waals surface area (Å²) >= 11 is 3.23. The van der Waals surface area contributed by atoms with Gasteiger partial charge >= 0.3 is 6.09 Å². The normalized spacial score (nSPS) is 18.6. The van der Waals surface area contributed by atoms with Crippen molar-refractivity contribution in [3.8, 4) is 5.75 Å². The van der Waals surface area contributed by atoms with Crippen LogP contribution in [0, 0.1) is 0 Å². The monoisotopic (exact) mass is 271 g/mol. The number of aromatic hydroxyl groups is 1. The largest absolute Gasteiger partial charge is 0.507 e. The fraction of sp³-hybridized carbons (Fsp3) is 0.300. The smallest absolute Gasteiger partial charge is 0.404 e. The molecule has 1 atom stereocenters. The number of hydrogen-bond acceptors (Lipinski definition) is 2. The number of carbonyl (C=O) groups is 1. The maximum Gasteiger partial charge on any atom is 0.404 e. The van der Waals surface area contributed by atoms with E-state index < -0.39 is 6.09 Å². The molecule has 2 rings (SSSR count). The lowest BCUT2D eigenvalue weighted by Gasteiger charge is -2.07. The van der Waals surface area contributed by atoms with Crippen LogP contribution in [-0.2, 0) is 12.8 Å². The average molecular weight is 272 g/mol. The third-order valence-electron chi connectivity index (χ3n) is 2.53. The van der Waals surface area contributed by atoms with E-state index >= 15 is 0 Å². The molecule has 0 heterocycles. The van der Waals surface area contributed by atoms with Crippen LogP contribution >= 0.6 is 15.9 Å². The van der Waals surface area contributed by atoms with Gasteiger partial charge in [-0.05, 0) is 52.0 Å². The number of amides is 1. The van der Waals surface area contributed by atoms with Crippen molar-refractivity contribution < 1.29 is 15.0 Å². The second kappa shape index (κ2) is 3.73. The minimum atomic E-state index is -1.00. The highest BCUT2D eigenvalue weighted by molar-refractivity contribution is 9.10. The summed E-state index contributed by atoms with van der Waals surface area (Å²) in [5.41, 5.74) is 2.09. The van der Waals surface area contributed by atoms with Crippen LogP contribution in [0.4, 0.5) is 4.79 Å². The van der Waals surface area contributed by atoms with Gasteiger partial charge in [0.2, 0.25) is 0 Å². The summed E-state index contributed by atoms with van der Waals surface area (Å²) in [5.74, 6) is 0.199. The lowest BCUT2D eigenvalue weighted by atomic mass is 10.1. The topological polar surface area (TPSA) is 69.6 Å². The first kappa shape index (κ1) is 10.3. The molecule has 1 amide bonds. The minimum absolute atomic E-state index is 0.0776. The Kier molecular flexibility index (Phi) is 2.56. The molecule has 3 N–H and O–H groups in total. The molecule has 1 aliphatic rings. The predicted octanol–water partition coefficient (Wildman–Crippen LogP) is 1.89. The molecule has 0 aliphatic heterocycles. The van der Waals surface area contributed by atoms with E-state index in [1.165, 1.54) is 0 Å². The molecule has 5 heteroatoms. The fourth-order valence-corrected chi connectivity index (χ4v) is 2.30. The number of hydrogen-bond donors (Lipinski definition) is 3. The molecule has 0 bridgehead atoms. The molecule has 0 saturated carbocycles. The zero-order valence-corrected chi connectivity index (χ0v) is 9.41. The van der Waals surface area contributed by atoms with E-state index in [0.29, 0.717) is 17.3 Å². The van der Waals surface area contributed by atoms with E-state index in [1.54, 1.807) is 6.07 Å². The van der Waals surface area contributed by atoms with Crippen LogP contribution in [0.3, 0.4) is 0 Å². The zero-order valence-electron chi connectivity index (χ0n) is 7.83. The quantitative estimate of drug-likeness (QED) is 0.731. The number of benzene rings is 1.